The number of rotatable bonds is 4. The highest BCUT2D eigenvalue weighted by Gasteiger charge is 1.74. The molecule has 0 amide bonds. The molecule has 0 fully saturated rings. The van der Waals surface area contributed by atoms with Gasteiger partial charge in [-0.2, -0.15) is 0 Å². The quantitative estimate of drug-likeness (QED) is 0.431. The summed E-state index contributed by atoms with van der Waals surface area (Å²) in [7, 11) is 0. The third-order valence-electron chi connectivity index (χ3n) is 0.925. The van der Waals surface area contributed by atoms with Crippen molar-refractivity contribution in [1.82, 2.24) is 5.32 Å². The van der Waals surface area contributed by atoms with Crippen LogP contribution >= 0.6 is 0 Å². The lowest BCUT2D eigenvalue weighted by molar-refractivity contribution is 0.729. The van der Waals surface area contributed by atoms with Gasteiger partial charge in [0.25, 0.3) is 0 Å². The second-order valence-corrected chi connectivity index (χ2v) is 1.77. The Morgan fingerprint density at radius 2 is 2.25 bits per heavy atom. The van der Waals surface area contributed by atoms with E-state index in [4.69, 9.17) is 0 Å². The molecule has 0 aromatic rings. The van der Waals surface area contributed by atoms with Gasteiger partial charge in [0.1, 0.15) is 0 Å². The van der Waals surface area contributed by atoms with Gasteiger partial charge >= 0.3 is 0 Å². The summed E-state index contributed by atoms with van der Waals surface area (Å²) in [6.07, 6.45) is 5.40. The van der Waals surface area contributed by atoms with E-state index >= 15 is 0 Å². The van der Waals surface area contributed by atoms with Crippen LogP contribution in [-0.4, -0.2) is 13.1 Å². The molecule has 0 aliphatic heterocycles. The van der Waals surface area contributed by atoms with Crippen molar-refractivity contribution in [3.63, 3.8) is 0 Å². The van der Waals surface area contributed by atoms with E-state index in [9.17, 15) is 0 Å². The first kappa shape index (κ1) is 7.70. The Labute approximate surface area is 51.8 Å². The third-order valence-corrected chi connectivity index (χ3v) is 0.925. The maximum atomic E-state index is 3.25. The second-order valence-electron chi connectivity index (χ2n) is 1.77. The lowest BCUT2D eigenvalue weighted by Crippen LogP contribution is -2.13. The zero-order valence-corrected chi connectivity index (χ0v) is 5.78. The second kappa shape index (κ2) is 6.70. The molecule has 0 unspecified atom stereocenters. The molecule has 1 N–H and O–H groups in total. The van der Waals surface area contributed by atoms with Crippen LogP contribution in [0.5, 0.6) is 0 Å². The van der Waals surface area contributed by atoms with Crippen LogP contribution in [0.4, 0.5) is 0 Å². The Morgan fingerprint density at radius 1 is 1.50 bits per heavy atom. The molecule has 48 valence electrons. The van der Waals surface area contributed by atoms with E-state index in [2.05, 4.69) is 24.4 Å². The van der Waals surface area contributed by atoms with Crippen molar-refractivity contribution in [1.29, 1.82) is 0 Å². The van der Waals surface area contributed by atoms with Crippen molar-refractivity contribution in [2.75, 3.05) is 13.1 Å². The van der Waals surface area contributed by atoms with Crippen molar-refractivity contribution < 1.29 is 0 Å². The third kappa shape index (κ3) is 5.70. The monoisotopic (exact) mass is 113 g/mol. The van der Waals surface area contributed by atoms with Crippen molar-refractivity contribution >= 4 is 0 Å². The Kier molecular flexibility index (Phi) is 6.45. The largest absolute Gasteiger partial charge is 0.313 e. The van der Waals surface area contributed by atoms with Gasteiger partial charge in [-0.3, -0.25) is 0 Å². The minimum atomic E-state index is 1.02. The molecule has 0 saturated carbocycles. The van der Waals surface area contributed by atoms with Gasteiger partial charge < -0.3 is 5.32 Å². The van der Waals surface area contributed by atoms with Gasteiger partial charge in [0.05, 0.1) is 0 Å². The lowest BCUT2D eigenvalue weighted by Gasteiger charge is -1.93. The molecule has 0 rings (SSSR count). The molecule has 0 aromatic carbocycles. The standard InChI is InChI=1S/C7H15N/c1-3-5-7-8-6-4-2/h3,5,8H,4,6-7H2,1-2H3/b5-3+. The molecule has 0 aromatic heterocycles. The molecule has 0 saturated heterocycles. The first-order valence-corrected chi connectivity index (χ1v) is 3.23. The topological polar surface area (TPSA) is 12.0 Å². The summed E-state index contributed by atoms with van der Waals surface area (Å²) < 4.78 is 0. The molecule has 0 atom stereocenters. The SMILES string of the molecule is C/C=C/CNCCC. The number of hydrogen-bond donors (Lipinski definition) is 1. The van der Waals surface area contributed by atoms with E-state index in [1.807, 2.05) is 6.92 Å². The fraction of sp³-hybridized carbons (Fsp3) is 0.714. The van der Waals surface area contributed by atoms with Crippen molar-refractivity contribution in [3.05, 3.63) is 12.2 Å². The van der Waals surface area contributed by atoms with Gasteiger partial charge in [-0.15, -0.1) is 0 Å². The Balaban J connectivity index is 2.72. The summed E-state index contributed by atoms with van der Waals surface area (Å²) in [5.41, 5.74) is 0. The maximum Gasteiger partial charge on any atom is 0.0134 e. The zero-order chi connectivity index (χ0) is 6.24. The highest BCUT2D eigenvalue weighted by atomic mass is 14.8. The number of hydrogen-bond acceptors (Lipinski definition) is 1. The van der Waals surface area contributed by atoms with E-state index < -0.39 is 0 Å². The minimum absolute atomic E-state index is 1.02. The first-order chi connectivity index (χ1) is 3.91. The normalized spacial score (nSPS) is 10.8. The van der Waals surface area contributed by atoms with Gasteiger partial charge in [-0.05, 0) is 19.9 Å². The van der Waals surface area contributed by atoms with Gasteiger partial charge in [0, 0.05) is 6.54 Å². The lowest BCUT2D eigenvalue weighted by atomic mass is 10.4. The molecule has 8 heavy (non-hydrogen) atoms. The Morgan fingerprint density at radius 3 is 2.75 bits per heavy atom. The summed E-state index contributed by atoms with van der Waals surface area (Å²) in [4.78, 5) is 0. The van der Waals surface area contributed by atoms with Crippen LogP contribution in [0, 0.1) is 0 Å². The van der Waals surface area contributed by atoms with Crippen LogP contribution in [0.1, 0.15) is 20.3 Å². The minimum Gasteiger partial charge on any atom is -0.313 e. The smallest absolute Gasteiger partial charge is 0.0134 e. The van der Waals surface area contributed by atoms with Crippen molar-refractivity contribution in [2.24, 2.45) is 0 Å². The highest BCUT2D eigenvalue weighted by molar-refractivity contribution is 4.78. The average molecular weight is 113 g/mol. The van der Waals surface area contributed by atoms with E-state index in [-0.39, 0.29) is 0 Å². The molecule has 1 nitrogen and oxygen atoms in total. The Bertz CT molecular complexity index is 57.4. The molecule has 0 spiro atoms. The maximum absolute atomic E-state index is 3.25. The summed E-state index contributed by atoms with van der Waals surface area (Å²) >= 11 is 0. The molecule has 0 radical (unpaired) electrons. The summed E-state index contributed by atoms with van der Waals surface area (Å²) in [5, 5.41) is 3.25. The van der Waals surface area contributed by atoms with Gasteiger partial charge in [0.15, 0.2) is 0 Å². The van der Waals surface area contributed by atoms with E-state index in [1.54, 1.807) is 0 Å². The van der Waals surface area contributed by atoms with Gasteiger partial charge in [0.2, 0.25) is 0 Å². The van der Waals surface area contributed by atoms with Crippen LogP contribution < -0.4 is 5.32 Å². The van der Waals surface area contributed by atoms with E-state index in [1.165, 1.54) is 6.42 Å². The zero-order valence-electron chi connectivity index (χ0n) is 5.78. The number of allylic oxidation sites excluding steroid dienone is 1. The molecule has 1 heteroatoms. The first-order valence-electron chi connectivity index (χ1n) is 3.23. The highest BCUT2D eigenvalue weighted by Crippen LogP contribution is 1.70. The summed E-state index contributed by atoms with van der Waals surface area (Å²) in [5.74, 6) is 0. The van der Waals surface area contributed by atoms with Crippen LogP contribution in [0.3, 0.4) is 0 Å². The summed E-state index contributed by atoms with van der Waals surface area (Å²) in [6.45, 7) is 6.35. The fourth-order valence-corrected chi connectivity index (χ4v) is 0.480. The van der Waals surface area contributed by atoms with Crippen LogP contribution in [-0.2, 0) is 0 Å². The molecule has 0 bridgehead atoms. The van der Waals surface area contributed by atoms with Crippen molar-refractivity contribution in [3.8, 4) is 0 Å². The van der Waals surface area contributed by atoms with Crippen molar-refractivity contribution in [2.45, 2.75) is 20.3 Å². The summed E-state index contributed by atoms with van der Waals surface area (Å²) in [6, 6.07) is 0. The molecule has 0 heterocycles. The molecule has 0 aliphatic carbocycles. The van der Waals surface area contributed by atoms with Crippen LogP contribution in [0.15, 0.2) is 12.2 Å². The Hall–Kier alpha value is -0.300. The van der Waals surface area contributed by atoms with E-state index in [0.717, 1.165) is 13.1 Å². The van der Waals surface area contributed by atoms with Crippen LogP contribution in [0.2, 0.25) is 0 Å². The predicted molar refractivity (Wildman–Crippen MR) is 38.0 cm³/mol. The fourth-order valence-electron chi connectivity index (χ4n) is 0.480. The van der Waals surface area contributed by atoms with Gasteiger partial charge in [-0.25, -0.2) is 0 Å². The number of nitrogens with one attached hydrogen (secondary N) is 1. The molecular weight excluding hydrogens is 98.1 g/mol. The predicted octanol–water partition coefficient (Wildman–Crippen LogP) is 1.56. The van der Waals surface area contributed by atoms with E-state index in [0.29, 0.717) is 0 Å². The van der Waals surface area contributed by atoms with Crippen LogP contribution in [0.25, 0.3) is 0 Å². The molecule has 0 aliphatic rings. The average Bonchev–Trinajstić information content (AvgIpc) is 1.81. The van der Waals surface area contributed by atoms with Gasteiger partial charge in [-0.1, -0.05) is 19.1 Å². The molecular formula is C7H15N.